The lowest BCUT2D eigenvalue weighted by atomic mass is 10.0. The van der Waals surface area contributed by atoms with Crippen molar-refractivity contribution in [3.63, 3.8) is 0 Å². The van der Waals surface area contributed by atoms with Gasteiger partial charge in [0.1, 0.15) is 0 Å². The molecule has 0 aliphatic rings. The molecule has 0 aromatic heterocycles. The highest BCUT2D eigenvalue weighted by atomic mass is 14.9. The van der Waals surface area contributed by atoms with Crippen LogP contribution in [0.15, 0.2) is 0 Å². The van der Waals surface area contributed by atoms with Crippen molar-refractivity contribution in [2.75, 3.05) is 6.54 Å². The smallest absolute Gasteiger partial charge is 0.00965 e. The van der Waals surface area contributed by atoms with Gasteiger partial charge in [0.2, 0.25) is 0 Å². The fourth-order valence-electron chi connectivity index (χ4n) is 3.14. The number of rotatable bonds is 17. The molecule has 0 unspecified atom stereocenters. The second-order valence-electron chi connectivity index (χ2n) is 8.48. The van der Waals surface area contributed by atoms with Gasteiger partial charge in [-0.05, 0) is 33.7 Å². The van der Waals surface area contributed by atoms with Gasteiger partial charge in [0.25, 0.3) is 0 Å². The SMILES string of the molecule is CCCCCCCCCCCCCCCCCCNC(C)(C)C. The van der Waals surface area contributed by atoms with Crippen LogP contribution in [0.25, 0.3) is 0 Å². The lowest BCUT2D eigenvalue weighted by molar-refractivity contribution is 0.415. The van der Waals surface area contributed by atoms with E-state index in [1.807, 2.05) is 0 Å². The zero-order valence-electron chi connectivity index (χ0n) is 17.0. The molecule has 0 aromatic carbocycles. The minimum absolute atomic E-state index is 0.287. The van der Waals surface area contributed by atoms with Gasteiger partial charge in [-0.3, -0.25) is 0 Å². The predicted molar refractivity (Wildman–Crippen MR) is 107 cm³/mol. The Balaban J connectivity index is 3.00. The van der Waals surface area contributed by atoms with Crippen molar-refractivity contribution in [3.05, 3.63) is 0 Å². The van der Waals surface area contributed by atoms with E-state index < -0.39 is 0 Å². The molecule has 0 aliphatic heterocycles. The molecule has 23 heavy (non-hydrogen) atoms. The van der Waals surface area contributed by atoms with Crippen LogP contribution in [-0.2, 0) is 0 Å². The first-order valence-electron chi connectivity index (χ1n) is 10.8. The number of nitrogens with one attached hydrogen (secondary N) is 1. The Morgan fingerprint density at radius 1 is 0.478 bits per heavy atom. The summed E-state index contributed by atoms with van der Waals surface area (Å²) in [6.45, 7) is 10.2. The number of hydrogen-bond donors (Lipinski definition) is 1. The van der Waals surface area contributed by atoms with Gasteiger partial charge in [-0.25, -0.2) is 0 Å². The van der Waals surface area contributed by atoms with Gasteiger partial charge < -0.3 is 5.32 Å². The average molecular weight is 326 g/mol. The van der Waals surface area contributed by atoms with Crippen LogP contribution in [-0.4, -0.2) is 12.1 Å². The van der Waals surface area contributed by atoms with Gasteiger partial charge in [-0.15, -0.1) is 0 Å². The molecule has 0 spiro atoms. The normalized spacial score (nSPS) is 12.0. The fraction of sp³-hybridized carbons (Fsp3) is 1.00. The first kappa shape index (κ1) is 23.0. The average Bonchev–Trinajstić information content (AvgIpc) is 2.49. The summed E-state index contributed by atoms with van der Waals surface area (Å²) in [7, 11) is 0. The van der Waals surface area contributed by atoms with E-state index in [2.05, 4.69) is 33.0 Å². The Morgan fingerprint density at radius 3 is 1.09 bits per heavy atom. The Labute approximate surface area is 148 Å². The molecule has 0 heterocycles. The topological polar surface area (TPSA) is 12.0 Å². The van der Waals surface area contributed by atoms with Crippen molar-refractivity contribution in [1.82, 2.24) is 5.32 Å². The van der Waals surface area contributed by atoms with Crippen LogP contribution < -0.4 is 5.32 Å². The van der Waals surface area contributed by atoms with Crippen LogP contribution in [0.3, 0.4) is 0 Å². The van der Waals surface area contributed by atoms with Gasteiger partial charge in [0, 0.05) is 5.54 Å². The molecule has 0 saturated heterocycles. The predicted octanol–water partition coefficient (Wildman–Crippen LogP) is 7.64. The van der Waals surface area contributed by atoms with Crippen LogP contribution in [0.4, 0.5) is 0 Å². The summed E-state index contributed by atoms with van der Waals surface area (Å²) < 4.78 is 0. The number of unbranched alkanes of at least 4 members (excludes halogenated alkanes) is 15. The van der Waals surface area contributed by atoms with Gasteiger partial charge in [0.05, 0.1) is 0 Å². The molecule has 0 fully saturated rings. The molecule has 1 N–H and O–H groups in total. The van der Waals surface area contributed by atoms with E-state index in [-0.39, 0.29) is 5.54 Å². The zero-order valence-corrected chi connectivity index (χ0v) is 17.0. The molecule has 0 saturated carbocycles. The second-order valence-corrected chi connectivity index (χ2v) is 8.48. The summed E-state index contributed by atoms with van der Waals surface area (Å²) in [5, 5.41) is 3.57. The van der Waals surface area contributed by atoms with Crippen LogP contribution >= 0.6 is 0 Å². The molecule has 0 bridgehead atoms. The molecule has 140 valence electrons. The highest BCUT2D eigenvalue weighted by molar-refractivity contribution is 4.69. The van der Waals surface area contributed by atoms with Crippen molar-refractivity contribution >= 4 is 0 Å². The summed E-state index contributed by atoms with van der Waals surface area (Å²) in [5.74, 6) is 0. The van der Waals surface area contributed by atoms with Crippen LogP contribution in [0.1, 0.15) is 130 Å². The maximum atomic E-state index is 3.57. The van der Waals surface area contributed by atoms with Gasteiger partial charge in [-0.1, -0.05) is 103 Å². The van der Waals surface area contributed by atoms with E-state index in [1.54, 1.807) is 0 Å². The molecular weight excluding hydrogens is 278 g/mol. The van der Waals surface area contributed by atoms with E-state index in [0.29, 0.717) is 0 Å². The summed E-state index contributed by atoms with van der Waals surface area (Å²) >= 11 is 0. The van der Waals surface area contributed by atoms with E-state index in [0.717, 1.165) is 0 Å². The third kappa shape index (κ3) is 22.0. The van der Waals surface area contributed by atoms with E-state index in [4.69, 9.17) is 0 Å². The lowest BCUT2D eigenvalue weighted by Crippen LogP contribution is -2.36. The Morgan fingerprint density at radius 2 is 0.783 bits per heavy atom. The maximum absolute atomic E-state index is 3.57. The number of hydrogen-bond acceptors (Lipinski definition) is 1. The van der Waals surface area contributed by atoms with Crippen molar-refractivity contribution in [2.24, 2.45) is 0 Å². The molecule has 0 amide bonds. The van der Waals surface area contributed by atoms with Gasteiger partial charge in [0.15, 0.2) is 0 Å². The highest BCUT2D eigenvalue weighted by Gasteiger charge is 2.06. The first-order chi connectivity index (χ1) is 11.1. The van der Waals surface area contributed by atoms with Crippen LogP contribution in [0, 0.1) is 0 Å². The monoisotopic (exact) mass is 325 g/mol. The molecule has 1 nitrogen and oxygen atoms in total. The first-order valence-corrected chi connectivity index (χ1v) is 10.8. The van der Waals surface area contributed by atoms with E-state index in [9.17, 15) is 0 Å². The molecule has 0 atom stereocenters. The molecule has 0 aromatic rings. The van der Waals surface area contributed by atoms with Crippen LogP contribution in [0.2, 0.25) is 0 Å². The van der Waals surface area contributed by atoms with Crippen molar-refractivity contribution in [2.45, 2.75) is 136 Å². The molecule has 1 heteroatoms. The maximum Gasteiger partial charge on any atom is 0.00965 e. The minimum atomic E-state index is 0.287. The molecule has 0 aliphatic carbocycles. The summed E-state index contributed by atoms with van der Waals surface area (Å²) in [6.07, 6.45) is 23.2. The van der Waals surface area contributed by atoms with Crippen molar-refractivity contribution < 1.29 is 0 Å². The quantitative estimate of drug-likeness (QED) is 0.271. The molecule has 0 rings (SSSR count). The highest BCUT2D eigenvalue weighted by Crippen LogP contribution is 2.13. The summed E-state index contributed by atoms with van der Waals surface area (Å²) in [5.41, 5.74) is 0.287. The van der Waals surface area contributed by atoms with Gasteiger partial charge in [-0.2, -0.15) is 0 Å². The third-order valence-corrected chi connectivity index (χ3v) is 4.69. The Kier molecular flexibility index (Phi) is 16.8. The van der Waals surface area contributed by atoms with E-state index in [1.165, 1.54) is 109 Å². The minimum Gasteiger partial charge on any atom is -0.312 e. The summed E-state index contributed by atoms with van der Waals surface area (Å²) in [6, 6.07) is 0. The Bertz CT molecular complexity index is 217. The fourth-order valence-corrected chi connectivity index (χ4v) is 3.14. The van der Waals surface area contributed by atoms with Crippen molar-refractivity contribution in [1.29, 1.82) is 0 Å². The lowest BCUT2D eigenvalue weighted by Gasteiger charge is -2.20. The third-order valence-electron chi connectivity index (χ3n) is 4.69. The van der Waals surface area contributed by atoms with Crippen molar-refractivity contribution in [3.8, 4) is 0 Å². The largest absolute Gasteiger partial charge is 0.312 e. The zero-order chi connectivity index (χ0) is 17.2. The van der Waals surface area contributed by atoms with Crippen LogP contribution in [0.5, 0.6) is 0 Å². The Hall–Kier alpha value is -0.0400. The molecule has 0 radical (unpaired) electrons. The second kappa shape index (κ2) is 16.8. The molecular formula is C22H47N. The standard InChI is InChI=1S/C22H47N/c1-5-6-7-8-9-10-11-12-13-14-15-16-17-18-19-20-21-23-22(2,3)4/h23H,5-21H2,1-4H3. The van der Waals surface area contributed by atoms with E-state index >= 15 is 0 Å². The summed E-state index contributed by atoms with van der Waals surface area (Å²) in [4.78, 5) is 0. The van der Waals surface area contributed by atoms with Gasteiger partial charge >= 0.3 is 0 Å².